The molecule has 3 heterocycles. The van der Waals surface area contributed by atoms with Crippen LogP contribution in [-0.4, -0.2) is 42.1 Å². The maximum Gasteiger partial charge on any atom is 0.228 e. The van der Waals surface area contributed by atoms with Gasteiger partial charge < -0.3 is 15.0 Å². The molecule has 1 aromatic rings. The number of aromatic nitrogens is 2. The van der Waals surface area contributed by atoms with Crippen molar-refractivity contribution in [3.05, 3.63) is 12.3 Å². The van der Waals surface area contributed by atoms with Crippen LogP contribution in [0.4, 0.5) is 5.95 Å². The summed E-state index contributed by atoms with van der Waals surface area (Å²) in [5.74, 6) is 1.45. The van der Waals surface area contributed by atoms with Gasteiger partial charge in [0.1, 0.15) is 0 Å². The minimum absolute atomic E-state index is 0.0774. The number of amides is 1. The third-order valence-corrected chi connectivity index (χ3v) is 3.68. The van der Waals surface area contributed by atoms with Gasteiger partial charge in [-0.2, -0.15) is 4.98 Å². The van der Waals surface area contributed by atoms with Crippen LogP contribution in [0.15, 0.2) is 12.3 Å². The lowest BCUT2D eigenvalue weighted by Crippen LogP contribution is -2.46. The molecule has 0 saturated carbocycles. The zero-order valence-electron chi connectivity index (χ0n) is 10.3. The van der Waals surface area contributed by atoms with Gasteiger partial charge in [0.15, 0.2) is 0 Å². The van der Waals surface area contributed by atoms with E-state index in [1.54, 1.807) is 19.4 Å². The van der Waals surface area contributed by atoms with Gasteiger partial charge in [0.2, 0.25) is 17.7 Å². The second kappa shape index (κ2) is 4.44. The Morgan fingerprint density at radius 2 is 2.44 bits per heavy atom. The van der Waals surface area contributed by atoms with Crippen LogP contribution in [0.5, 0.6) is 5.88 Å². The number of nitrogens with one attached hydrogen (secondary N) is 1. The zero-order chi connectivity index (χ0) is 12.5. The summed E-state index contributed by atoms with van der Waals surface area (Å²) in [7, 11) is 1.59. The minimum atomic E-state index is 0.0774. The molecule has 1 aromatic heterocycles. The number of hydrogen-bond donors (Lipinski definition) is 1. The molecule has 1 amide bonds. The van der Waals surface area contributed by atoms with Crippen LogP contribution in [0, 0.1) is 5.92 Å². The van der Waals surface area contributed by atoms with Crippen LogP contribution in [0.3, 0.4) is 0 Å². The summed E-state index contributed by atoms with van der Waals surface area (Å²) in [4.78, 5) is 22.5. The Labute approximate surface area is 105 Å². The molecule has 0 aromatic carbocycles. The number of carbonyl (C=O) groups excluding carboxylic acids is 1. The maximum absolute atomic E-state index is 11.7. The maximum atomic E-state index is 11.7. The highest BCUT2D eigenvalue weighted by Crippen LogP contribution is 2.30. The summed E-state index contributed by atoms with van der Waals surface area (Å²) in [6, 6.07) is 1.90. The lowest BCUT2D eigenvalue weighted by molar-refractivity contribution is -0.123. The van der Waals surface area contributed by atoms with Crippen molar-refractivity contribution in [3.63, 3.8) is 0 Å². The van der Waals surface area contributed by atoms with E-state index in [2.05, 4.69) is 20.2 Å². The van der Waals surface area contributed by atoms with E-state index in [1.165, 1.54) is 0 Å². The number of hydrogen-bond acceptors (Lipinski definition) is 5. The fourth-order valence-electron chi connectivity index (χ4n) is 2.78. The van der Waals surface area contributed by atoms with Crippen molar-refractivity contribution in [2.45, 2.75) is 18.9 Å². The van der Waals surface area contributed by atoms with Crippen molar-refractivity contribution >= 4 is 11.9 Å². The highest BCUT2D eigenvalue weighted by Gasteiger charge is 2.41. The van der Waals surface area contributed by atoms with Crippen molar-refractivity contribution in [2.75, 3.05) is 25.1 Å². The fourth-order valence-corrected chi connectivity index (χ4v) is 2.78. The third kappa shape index (κ3) is 1.77. The van der Waals surface area contributed by atoms with Crippen molar-refractivity contribution in [1.82, 2.24) is 15.3 Å². The minimum Gasteiger partial charge on any atom is -0.481 e. The van der Waals surface area contributed by atoms with Crippen LogP contribution in [0.2, 0.25) is 0 Å². The molecule has 3 rings (SSSR count). The van der Waals surface area contributed by atoms with E-state index >= 15 is 0 Å². The van der Waals surface area contributed by atoms with Gasteiger partial charge in [-0.15, -0.1) is 0 Å². The monoisotopic (exact) mass is 248 g/mol. The number of rotatable bonds is 2. The molecule has 96 valence electrons. The molecular weight excluding hydrogens is 232 g/mol. The van der Waals surface area contributed by atoms with Gasteiger partial charge in [-0.05, 0) is 12.8 Å². The number of carbonyl (C=O) groups is 1. The summed E-state index contributed by atoms with van der Waals surface area (Å²) in [5.41, 5.74) is 0. The Morgan fingerprint density at radius 3 is 3.28 bits per heavy atom. The molecule has 18 heavy (non-hydrogen) atoms. The number of ether oxygens (including phenoxy) is 1. The first kappa shape index (κ1) is 11.3. The lowest BCUT2D eigenvalue weighted by atomic mass is 9.92. The quantitative estimate of drug-likeness (QED) is 0.810. The molecule has 0 aliphatic carbocycles. The number of anilines is 1. The molecular formula is C12H16N4O2. The van der Waals surface area contributed by atoms with E-state index in [0.29, 0.717) is 18.4 Å². The number of piperidine rings is 1. The molecule has 0 spiro atoms. The Morgan fingerprint density at radius 1 is 1.56 bits per heavy atom. The lowest BCUT2D eigenvalue weighted by Gasteiger charge is -2.35. The average Bonchev–Trinajstić information content (AvgIpc) is 2.81. The molecule has 1 N–H and O–H groups in total. The summed E-state index contributed by atoms with van der Waals surface area (Å²) >= 11 is 0. The largest absolute Gasteiger partial charge is 0.481 e. The summed E-state index contributed by atoms with van der Waals surface area (Å²) < 4.78 is 5.12. The average molecular weight is 248 g/mol. The first-order valence-electron chi connectivity index (χ1n) is 6.21. The van der Waals surface area contributed by atoms with Gasteiger partial charge in [-0.3, -0.25) is 4.79 Å². The topological polar surface area (TPSA) is 67.3 Å². The molecule has 2 saturated heterocycles. The van der Waals surface area contributed by atoms with Gasteiger partial charge in [0.25, 0.3) is 0 Å². The molecule has 2 aliphatic heterocycles. The molecule has 2 fully saturated rings. The molecule has 0 radical (unpaired) electrons. The molecule has 6 nitrogen and oxygen atoms in total. The van der Waals surface area contributed by atoms with E-state index in [-0.39, 0.29) is 17.9 Å². The molecule has 0 unspecified atom stereocenters. The van der Waals surface area contributed by atoms with Crippen molar-refractivity contribution in [2.24, 2.45) is 5.92 Å². The first-order valence-corrected chi connectivity index (χ1v) is 6.21. The number of nitrogens with zero attached hydrogens (tertiary/aromatic N) is 3. The zero-order valence-corrected chi connectivity index (χ0v) is 10.3. The normalized spacial score (nSPS) is 26.7. The Hall–Kier alpha value is -1.85. The third-order valence-electron chi connectivity index (χ3n) is 3.68. The van der Waals surface area contributed by atoms with Gasteiger partial charge in [0, 0.05) is 25.4 Å². The van der Waals surface area contributed by atoms with Crippen molar-refractivity contribution in [3.8, 4) is 5.88 Å². The SMILES string of the molecule is COc1ccnc(N2CCC[C@H]3C(=O)NC[C@H]32)n1. The van der Waals surface area contributed by atoms with Crippen molar-refractivity contribution in [1.29, 1.82) is 0 Å². The number of fused-ring (bicyclic) bond motifs is 1. The van der Waals surface area contributed by atoms with Crippen LogP contribution in [0.25, 0.3) is 0 Å². The predicted molar refractivity (Wildman–Crippen MR) is 65.5 cm³/mol. The first-order chi connectivity index (χ1) is 8.79. The molecule has 2 atom stereocenters. The summed E-state index contributed by atoms with van der Waals surface area (Å²) in [6.45, 7) is 1.58. The Bertz CT molecular complexity index is 465. The second-order valence-corrected chi connectivity index (χ2v) is 4.65. The highest BCUT2D eigenvalue weighted by atomic mass is 16.5. The van der Waals surface area contributed by atoms with Crippen LogP contribution >= 0.6 is 0 Å². The fraction of sp³-hybridized carbons (Fsp3) is 0.583. The summed E-state index contributed by atoms with van der Waals surface area (Å²) in [6.07, 6.45) is 3.64. The van der Waals surface area contributed by atoms with Crippen LogP contribution in [-0.2, 0) is 4.79 Å². The summed E-state index contributed by atoms with van der Waals surface area (Å²) in [5, 5.41) is 2.92. The molecule has 2 aliphatic rings. The van der Waals surface area contributed by atoms with Crippen LogP contribution < -0.4 is 15.0 Å². The van der Waals surface area contributed by atoms with Crippen molar-refractivity contribution < 1.29 is 9.53 Å². The van der Waals surface area contributed by atoms with Gasteiger partial charge in [0.05, 0.1) is 19.1 Å². The van der Waals surface area contributed by atoms with E-state index in [9.17, 15) is 4.79 Å². The van der Waals surface area contributed by atoms with Gasteiger partial charge in [-0.1, -0.05) is 0 Å². The highest BCUT2D eigenvalue weighted by molar-refractivity contribution is 5.82. The Kier molecular flexibility index (Phi) is 2.77. The Balaban J connectivity index is 1.88. The smallest absolute Gasteiger partial charge is 0.228 e. The van der Waals surface area contributed by atoms with E-state index in [0.717, 1.165) is 19.4 Å². The molecule has 0 bridgehead atoms. The van der Waals surface area contributed by atoms with E-state index in [4.69, 9.17) is 4.74 Å². The van der Waals surface area contributed by atoms with E-state index in [1.807, 2.05) is 0 Å². The predicted octanol–water partition coefficient (Wildman–Crippen LogP) is 0.200. The van der Waals surface area contributed by atoms with Gasteiger partial charge in [-0.25, -0.2) is 4.98 Å². The van der Waals surface area contributed by atoms with Crippen LogP contribution in [0.1, 0.15) is 12.8 Å². The van der Waals surface area contributed by atoms with Gasteiger partial charge >= 0.3 is 0 Å². The molecule has 6 heteroatoms. The standard InChI is InChI=1S/C12H16N4O2/c1-18-10-4-5-13-12(15-10)16-6-2-3-8-9(16)7-14-11(8)17/h4-5,8-9H,2-3,6-7H2,1H3,(H,14,17)/t8-,9-/m1/s1. The number of methoxy groups -OCH3 is 1. The second-order valence-electron chi connectivity index (χ2n) is 4.65. The van der Waals surface area contributed by atoms with E-state index < -0.39 is 0 Å².